The van der Waals surface area contributed by atoms with Gasteiger partial charge in [-0.05, 0) is 24.1 Å². The predicted octanol–water partition coefficient (Wildman–Crippen LogP) is 3.91. The maximum Gasteiger partial charge on any atom is 0.417 e. The molecule has 0 saturated carbocycles. The van der Waals surface area contributed by atoms with Crippen molar-refractivity contribution in [3.63, 3.8) is 0 Å². The third-order valence-corrected chi connectivity index (χ3v) is 2.93. The van der Waals surface area contributed by atoms with Gasteiger partial charge in [-0.1, -0.05) is 22.0 Å². The van der Waals surface area contributed by atoms with Crippen LogP contribution in [-0.2, 0) is 6.18 Å². The topological polar surface area (TPSA) is 20.2 Å². The Bertz CT molecular complexity index is 434. The van der Waals surface area contributed by atoms with Gasteiger partial charge in [-0.2, -0.15) is 13.2 Å². The van der Waals surface area contributed by atoms with Crippen LogP contribution in [0.5, 0.6) is 0 Å². The number of terminal acetylenes is 1. The minimum Gasteiger partial charge on any atom is -0.388 e. The van der Waals surface area contributed by atoms with Gasteiger partial charge in [0.1, 0.15) is 0 Å². The number of aliphatic hydroxyl groups excluding tert-OH is 1. The fourth-order valence-corrected chi connectivity index (χ4v) is 1.83. The highest BCUT2D eigenvalue weighted by Crippen LogP contribution is 2.36. The molecule has 1 nitrogen and oxygen atoms in total. The summed E-state index contributed by atoms with van der Waals surface area (Å²) >= 11 is 2.83. The Morgan fingerprint density at radius 1 is 1.41 bits per heavy atom. The highest BCUT2D eigenvalue weighted by Gasteiger charge is 2.33. The first-order valence-corrected chi connectivity index (χ1v) is 5.63. The Kier molecular flexibility index (Phi) is 4.61. The van der Waals surface area contributed by atoms with Crippen LogP contribution in [0.3, 0.4) is 0 Å². The zero-order valence-electron chi connectivity index (χ0n) is 8.76. The molecule has 0 saturated heterocycles. The Labute approximate surface area is 106 Å². The van der Waals surface area contributed by atoms with Crippen molar-refractivity contribution >= 4 is 15.9 Å². The van der Waals surface area contributed by atoms with Gasteiger partial charge < -0.3 is 5.11 Å². The summed E-state index contributed by atoms with van der Waals surface area (Å²) in [6.45, 7) is 0. The van der Waals surface area contributed by atoms with Crippen LogP contribution in [0.25, 0.3) is 0 Å². The lowest BCUT2D eigenvalue weighted by molar-refractivity contribution is -0.138. The van der Waals surface area contributed by atoms with Crippen LogP contribution in [0, 0.1) is 12.3 Å². The number of rotatable bonds is 3. The summed E-state index contributed by atoms with van der Waals surface area (Å²) in [4.78, 5) is 0. The molecule has 0 aliphatic rings. The standard InChI is InChI=1S/C12H10BrF3O/c1-2-3-4-11(17)8-5-6-10(13)9(7-8)12(14,15)16/h1,5-7,11,17H,3-4H2. The molecule has 0 bridgehead atoms. The molecule has 0 heterocycles. The van der Waals surface area contributed by atoms with Gasteiger partial charge in [0, 0.05) is 10.9 Å². The van der Waals surface area contributed by atoms with Gasteiger partial charge in [-0.25, -0.2) is 0 Å². The maximum atomic E-state index is 12.6. The second-order valence-corrected chi connectivity index (χ2v) is 4.35. The van der Waals surface area contributed by atoms with E-state index >= 15 is 0 Å². The van der Waals surface area contributed by atoms with Crippen LogP contribution in [-0.4, -0.2) is 5.11 Å². The SMILES string of the molecule is C#CCCC(O)c1ccc(Br)c(C(F)(F)F)c1. The Morgan fingerprint density at radius 2 is 2.06 bits per heavy atom. The monoisotopic (exact) mass is 306 g/mol. The van der Waals surface area contributed by atoms with Gasteiger partial charge in [0.05, 0.1) is 11.7 Å². The molecule has 1 atom stereocenters. The second kappa shape index (κ2) is 5.56. The van der Waals surface area contributed by atoms with Crippen molar-refractivity contribution in [3.8, 4) is 12.3 Å². The van der Waals surface area contributed by atoms with Gasteiger partial charge >= 0.3 is 6.18 Å². The minimum absolute atomic E-state index is 0.0436. The molecule has 1 aromatic carbocycles. The van der Waals surface area contributed by atoms with Gasteiger partial charge in [-0.15, -0.1) is 12.3 Å². The normalized spacial score (nSPS) is 13.2. The van der Waals surface area contributed by atoms with Crippen LogP contribution in [0.15, 0.2) is 22.7 Å². The van der Waals surface area contributed by atoms with Crippen molar-refractivity contribution < 1.29 is 18.3 Å². The van der Waals surface area contributed by atoms with Crippen molar-refractivity contribution in [1.82, 2.24) is 0 Å². The molecule has 1 rings (SSSR count). The van der Waals surface area contributed by atoms with Gasteiger partial charge in [0.2, 0.25) is 0 Å². The number of hydrogen-bond acceptors (Lipinski definition) is 1. The lowest BCUT2D eigenvalue weighted by Gasteiger charge is -2.14. The first-order valence-electron chi connectivity index (χ1n) is 4.84. The molecule has 0 fully saturated rings. The quantitative estimate of drug-likeness (QED) is 0.839. The average Bonchev–Trinajstić information content (AvgIpc) is 2.25. The van der Waals surface area contributed by atoms with E-state index < -0.39 is 17.8 Å². The number of hydrogen-bond donors (Lipinski definition) is 1. The molecule has 1 aromatic rings. The number of benzene rings is 1. The summed E-state index contributed by atoms with van der Waals surface area (Å²) < 4.78 is 37.8. The van der Waals surface area contributed by atoms with Crippen LogP contribution in [0.1, 0.15) is 30.1 Å². The fourth-order valence-electron chi connectivity index (χ4n) is 1.35. The summed E-state index contributed by atoms with van der Waals surface area (Å²) in [5.41, 5.74) is -0.578. The first-order chi connectivity index (χ1) is 7.86. The van der Waals surface area contributed by atoms with E-state index in [0.717, 1.165) is 6.07 Å². The van der Waals surface area contributed by atoms with E-state index in [0.29, 0.717) is 6.42 Å². The van der Waals surface area contributed by atoms with Gasteiger partial charge in [-0.3, -0.25) is 0 Å². The van der Waals surface area contributed by atoms with Crippen LogP contribution in [0.4, 0.5) is 13.2 Å². The number of aliphatic hydroxyl groups is 1. The predicted molar refractivity (Wildman–Crippen MR) is 62.2 cm³/mol. The Balaban J connectivity index is 3.01. The lowest BCUT2D eigenvalue weighted by atomic mass is 10.0. The molecule has 5 heteroatoms. The molecular formula is C12H10BrF3O. The summed E-state index contributed by atoms with van der Waals surface area (Å²) in [5.74, 6) is 2.33. The van der Waals surface area contributed by atoms with Crippen LogP contribution < -0.4 is 0 Å². The third kappa shape index (κ3) is 3.76. The van der Waals surface area contributed by atoms with Crippen molar-refractivity contribution in [2.75, 3.05) is 0 Å². The third-order valence-electron chi connectivity index (χ3n) is 2.24. The molecule has 0 aliphatic carbocycles. The lowest BCUT2D eigenvalue weighted by Crippen LogP contribution is -2.08. The average molecular weight is 307 g/mol. The van der Waals surface area contributed by atoms with E-state index in [1.165, 1.54) is 12.1 Å². The largest absolute Gasteiger partial charge is 0.417 e. The highest BCUT2D eigenvalue weighted by atomic mass is 79.9. The summed E-state index contributed by atoms with van der Waals surface area (Å²) in [5, 5.41) is 9.65. The molecule has 0 aliphatic heterocycles. The second-order valence-electron chi connectivity index (χ2n) is 3.50. The van der Waals surface area contributed by atoms with E-state index in [1.54, 1.807) is 0 Å². The van der Waals surface area contributed by atoms with Crippen LogP contribution in [0.2, 0.25) is 0 Å². The zero-order valence-corrected chi connectivity index (χ0v) is 10.3. The van der Waals surface area contributed by atoms with Crippen molar-refractivity contribution in [2.45, 2.75) is 25.1 Å². The molecule has 92 valence electrons. The molecule has 0 amide bonds. The van der Waals surface area contributed by atoms with Gasteiger partial charge in [0.25, 0.3) is 0 Å². The number of alkyl halides is 3. The smallest absolute Gasteiger partial charge is 0.388 e. The molecular weight excluding hydrogens is 297 g/mol. The fraction of sp³-hybridized carbons (Fsp3) is 0.333. The van der Waals surface area contributed by atoms with E-state index in [2.05, 4.69) is 21.9 Å². The molecule has 1 unspecified atom stereocenters. The minimum atomic E-state index is -4.44. The molecule has 0 spiro atoms. The van der Waals surface area contributed by atoms with E-state index in [-0.39, 0.29) is 16.5 Å². The molecule has 0 aromatic heterocycles. The molecule has 0 radical (unpaired) electrons. The van der Waals surface area contributed by atoms with Crippen molar-refractivity contribution in [3.05, 3.63) is 33.8 Å². The Morgan fingerprint density at radius 3 is 2.59 bits per heavy atom. The summed E-state index contributed by atoms with van der Waals surface area (Å²) in [7, 11) is 0. The Hall–Kier alpha value is -0.990. The van der Waals surface area contributed by atoms with Gasteiger partial charge in [0.15, 0.2) is 0 Å². The van der Waals surface area contributed by atoms with Crippen molar-refractivity contribution in [2.24, 2.45) is 0 Å². The van der Waals surface area contributed by atoms with Crippen molar-refractivity contribution in [1.29, 1.82) is 0 Å². The summed E-state index contributed by atoms with van der Waals surface area (Å²) in [6.07, 6.45) is 0.177. The van der Waals surface area contributed by atoms with E-state index in [4.69, 9.17) is 6.42 Å². The first kappa shape index (κ1) is 14.1. The van der Waals surface area contributed by atoms with E-state index in [1.807, 2.05) is 0 Å². The van der Waals surface area contributed by atoms with E-state index in [9.17, 15) is 18.3 Å². The maximum absolute atomic E-state index is 12.6. The molecule has 17 heavy (non-hydrogen) atoms. The molecule has 1 N–H and O–H groups in total. The zero-order chi connectivity index (χ0) is 13.1. The number of halogens is 4. The highest BCUT2D eigenvalue weighted by molar-refractivity contribution is 9.10. The van der Waals surface area contributed by atoms with Crippen LogP contribution >= 0.6 is 15.9 Å². The summed E-state index contributed by atoms with van der Waals surface area (Å²) in [6, 6.07) is 3.66.